The molecule has 120 valence electrons. The number of carbonyl (C=O) groups is 1. The van der Waals surface area contributed by atoms with Crippen molar-refractivity contribution < 1.29 is 9.22 Å². The SMILES string of the molecule is CN1C(=O)[C@@]2(C[C@H]2CO[Si](C)(C)C(C)(C)C)c2ccccc21. The van der Waals surface area contributed by atoms with Crippen LogP contribution >= 0.6 is 0 Å². The van der Waals surface area contributed by atoms with Gasteiger partial charge in [-0.3, -0.25) is 4.79 Å². The number of hydrogen-bond acceptors (Lipinski definition) is 2. The summed E-state index contributed by atoms with van der Waals surface area (Å²) >= 11 is 0. The van der Waals surface area contributed by atoms with Gasteiger partial charge < -0.3 is 9.33 Å². The van der Waals surface area contributed by atoms with Gasteiger partial charge in [-0.15, -0.1) is 0 Å². The molecule has 1 aliphatic carbocycles. The Morgan fingerprint density at radius 1 is 1.32 bits per heavy atom. The largest absolute Gasteiger partial charge is 0.416 e. The molecule has 3 nitrogen and oxygen atoms in total. The minimum atomic E-state index is -1.75. The molecule has 0 aromatic heterocycles. The van der Waals surface area contributed by atoms with Crippen LogP contribution in [0.2, 0.25) is 18.1 Å². The average molecular weight is 318 g/mol. The second-order valence-electron chi connectivity index (χ2n) is 8.33. The molecule has 0 radical (unpaired) electrons. The average Bonchev–Trinajstić information content (AvgIpc) is 3.13. The summed E-state index contributed by atoms with van der Waals surface area (Å²) in [6.07, 6.45) is 0.932. The summed E-state index contributed by atoms with van der Waals surface area (Å²) in [7, 11) is 0.138. The van der Waals surface area contributed by atoms with Crippen LogP contribution in [0.1, 0.15) is 32.8 Å². The summed E-state index contributed by atoms with van der Waals surface area (Å²) in [5, 5.41) is 0.212. The van der Waals surface area contributed by atoms with Crippen molar-refractivity contribution in [3.63, 3.8) is 0 Å². The molecule has 3 rings (SSSR count). The highest BCUT2D eigenvalue weighted by Crippen LogP contribution is 2.61. The second-order valence-corrected chi connectivity index (χ2v) is 13.1. The summed E-state index contributed by atoms with van der Waals surface area (Å²) in [5.41, 5.74) is 1.97. The van der Waals surface area contributed by atoms with Gasteiger partial charge in [0.2, 0.25) is 5.91 Å². The quantitative estimate of drug-likeness (QED) is 0.790. The van der Waals surface area contributed by atoms with Gasteiger partial charge in [0, 0.05) is 25.3 Å². The highest BCUT2D eigenvalue weighted by Gasteiger charge is 2.66. The van der Waals surface area contributed by atoms with Crippen molar-refractivity contribution in [1.82, 2.24) is 0 Å². The minimum Gasteiger partial charge on any atom is -0.416 e. The molecule has 1 heterocycles. The van der Waals surface area contributed by atoms with Gasteiger partial charge in [-0.2, -0.15) is 0 Å². The number of amides is 1. The zero-order chi connectivity index (χ0) is 16.3. The maximum absolute atomic E-state index is 12.8. The monoisotopic (exact) mass is 317 g/mol. The van der Waals surface area contributed by atoms with Crippen molar-refractivity contribution in [2.24, 2.45) is 5.92 Å². The molecule has 0 N–H and O–H groups in total. The fourth-order valence-electron chi connectivity index (χ4n) is 3.32. The lowest BCUT2D eigenvalue weighted by Crippen LogP contribution is -2.41. The van der Waals surface area contributed by atoms with Gasteiger partial charge in [-0.25, -0.2) is 0 Å². The Hall–Kier alpha value is -1.13. The molecule has 1 fully saturated rings. The van der Waals surface area contributed by atoms with Gasteiger partial charge >= 0.3 is 0 Å². The first kappa shape index (κ1) is 15.8. The van der Waals surface area contributed by atoms with Crippen molar-refractivity contribution in [2.45, 2.75) is 50.7 Å². The molecule has 22 heavy (non-hydrogen) atoms. The Morgan fingerprint density at radius 2 is 1.95 bits per heavy atom. The van der Waals surface area contributed by atoms with E-state index < -0.39 is 8.32 Å². The predicted molar refractivity (Wildman–Crippen MR) is 92.8 cm³/mol. The number of benzene rings is 1. The lowest BCUT2D eigenvalue weighted by Gasteiger charge is -2.36. The lowest BCUT2D eigenvalue weighted by molar-refractivity contribution is -0.120. The summed E-state index contributed by atoms with van der Waals surface area (Å²) in [5.74, 6) is 0.581. The van der Waals surface area contributed by atoms with E-state index in [1.807, 2.05) is 30.1 Å². The first-order valence-corrected chi connectivity index (χ1v) is 11.0. The first-order chi connectivity index (χ1) is 10.1. The van der Waals surface area contributed by atoms with Crippen molar-refractivity contribution in [2.75, 3.05) is 18.6 Å². The second kappa shape index (κ2) is 4.68. The summed E-state index contributed by atoms with van der Waals surface area (Å²) in [6, 6.07) is 8.21. The van der Waals surface area contributed by atoms with Crippen molar-refractivity contribution in [3.8, 4) is 0 Å². The van der Waals surface area contributed by atoms with Gasteiger partial charge in [0.05, 0.1) is 5.41 Å². The topological polar surface area (TPSA) is 29.5 Å². The van der Waals surface area contributed by atoms with E-state index in [0.717, 1.165) is 12.1 Å². The van der Waals surface area contributed by atoms with E-state index in [1.54, 1.807) is 0 Å². The van der Waals surface area contributed by atoms with Crippen molar-refractivity contribution in [3.05, 3.63) is 29.8 Å². The third-order valence-corrected chi connectivity index (χ3v) is 10.5. The predicted octanol–water partition coefficient (Wildman–Crippen LogP) is 3.94. The Bertz CT molecular complexity index is 620. The number of anilines is 1. The number of para-hydroxylation sites is 1. The molecule has 0 saturated heterocycles. The van der Waals surface area contributed by atoms with E-state index in [1.165, 1.54) is 5.56 Å². The van der Waals surface area contributed by atoms with E-state index in [4.69, 9.17) is 4.43 Å². The highest BCUT2D eigenvalue weighted by atomic mass is 28.4. The molecule has 1 aliphatic heterocycles. The number of fused-ring (bicyclic) bond motifs is 2. The first-order valence-electron chi connectivity index (χ1n) is 8.13. The number of rotatable bonds is 3. The van der Waals surface area contributed by atoms with E-state index in [9.17, 15) is 4.79 Å². The van der Waals surface area contributed by atoms with Crippen LogP contribution < -0.4 is 4.90 Å². The Morgan fingerprint density at radius 3 is 2.59 bits per heavy atom. The third kappa shape index (κ3) is 2.08. The fourth-order valence-corrected chi connectivity index (χ4v) is 4.37. The minimum absolute atomic E-state index is 0.212. The van der Waals surface area contributed by atoms with E-state index in [0.29, 0.717) is 12.5 Å². The van der Waals surface area contributed by atoms with Crippen LogP contribution in [0, 0.1) is 5.92 Å². The molecule has 1 spiro atoms. The van der Waals surface area contributed by atoms with Gasteiger partial charge in [0.15, 0.2) is 8.32 Å². The van der Waals surface area contributed by atoms with Gasteiger partial charge in [-0.1, -0.05) is 39.0 Å². The zero-order valence-electron chi connectivity index (χ0n) is 14.6. The van der Waals surface area contributed by atoms with E-state index >= 15 is 0 Å². The summed E-state index contributed by atoms with van der Waals surface area (Å²) in [6.45, 7) is 12.0. The molecule has 4 heteroatoms. The molecule has 0 unspecified atom stereocenters. The molecule has 1 amide bonds. The summed E-state index contributed by atoms with van der Waals surface area (Å²) in [4.78, 5) is 14.6. The third-order valence-electron chi connectivity index (χ3n) is 5.99. The van der Waals surface area contributed by atoms with Gasteiger partial charge in [0.25, 0.3) is 0 Å². The Balaban J connectivity index is 1.78. The van der Waals surface area contributed by atoms with Gasteiger partial charge in [0.1, 0.15) is 0 Å². The number of hydrogen-bond donors (Lipinski definition) is 0. The van der Waals surface area contributed by atoms with Crippen LogP contribution in [0.4, 0.5) is 5.69 Å². The van der Waals surface area contributed by atoms with E-state index in [2.05, 4.69) is 39.9 Å². The van der Waals surface area contributed by atoms with Gasteiger partial charge in [-0.05, 0) is 36.2 Å². The molecular weight excluding hydrogens is 290 g/mol. The molecule has 2 aliphatic rings. The molecule has 1 saturated carbocycles. The van der Waals surface area contributed by atoms with Crippen molar-refractivity contribution in [1.29, 1.82) is 0 Å². The van der Waals surface area contributed by atoms with Crippen LogP contribution in [0.25, 0.3) is 0 Å². The zero-order valence-corrected chi connectivity index (χ0v) is 15.6. The number of carbonyl (C=O) groups excluding carboxylic acids is 1. The standard InChI is InChI=1S/C18H27NO2Si/c1-17(2,3)22(5,6)21-12-13-11-18(13)14-9-7-8-10-15(14)19(4)16(18)20/h7-10,13H,11-12H2,1-6H3/t13-,18+/m0/s1. The molecule has 0 bridgehead atoms. The molecular formula is C18H27NO2Si. The van der Waals surface area contributed by atoms with Crippen LogP contribution in [0.5, 0.6) is 0 Å². The summed E-state index contributed by atoms with van der Waals surface area (Å²) < 4.78 is 6.37. The smallest absolute Gasteiger partial charge is 0.237 e. The Kier molecular flexibility index (Phi) is 3.35. The molecule has 1 aromatic carbocycles. The van der Waals surface area contributed by atoms with Crippen LogP contribution in [0.3, 0.4) is 0 Å². The Labute approximate surface area is 134 Å². The maximum Gasteiger partial charge on any atom is 0.237 e. The number of likely N-dealkylation sites (N-methyl/N-ethyl adjacent to an activating group) is 1. The molecule has 2 atom stereocenters. The van der Waals surface area contributed by atoms with Crippen LogP contribution in [0.15, 0.2) is 24.3 Å². The number of nitrogens with zero attached hydrogens (tertiary/aromatic N) is 1. The molecule has 1 aromatic rings. The van der Waals surface area contributed by atoms with E-state index in [-0.39, 0.29) is 16.4 Å². The highest BCUT2D eigenvalue weighted by molar-refractivity contribution is 6.74. The normalized spacial score (nSPS) is 27.5. The fraction of sp³-hybridized carbons (Fsp3) is 0.611. The maximum atomic E-state index is 12.8. The van der Waals surface area contributed by atoms with Crippen LogP contribution in [-0.2, 0) is 14.6 Å². The van der Waals surface area contributed by atoms with Crippen molar-refractivity contribution >= 4 is 19.9 Å². The lowest BCUT2D eigenvalue weighted by atomic mass is 9.95. The van der Waals surface area contributed by atoms with Crippen LogP contribution in [-0.4, -0.2) is 27.9 Å².